The molecule has 0 spiro atoms. The lowest BCUT2D eigenvalue weighted by atomic mass is 10.2. The van der Waals surface area contributed by atoms with Crippen molar-refractivity contribution in [1.82, 2.24) is 15.1 Å². The van der Waals surface area contributed by atoms with Crippen LogP contribution in [0.3, 0.4) is 0 Å². The van der Waals surface area contributed by atoms with Crippen LogP contribution < -0.4 is 11.1 Å². The topological polar surface area (TPSA) is 91.8 Å². The van der Waals surface area contributed by atoms with E-state index in [-0.39, 0.29) is 49.7 Å². The molecule has 0 bridgehead atoms. The first kappa shape index (κ1) is 24.0. The molecule has 1 aromatic carbocycles. The van der Waals surface area contributed by atoms with Crippen molar-refractivity contribution in [3.8, 4) is 0 Å². The summed E-state index contributed by atoms with van der Waals surface area (Å²) in [6, 6.07) is 11.9. The molecule has 3 rings (SSSR count). The molecular formula is C19H26Cl2N4O3. The third kappa shape index (κ3) is 6.53. The first-order chi connectivity index (χ1) is 12.7. The van der Waals surface area contributed by atoms with Crippen molar-refractivity contribution in [1.29, 1.82) is 0 Å². The van der Waals surface area contributed by atoms with Gasteiger partial charge in [0.1, 0.15) is 12.0 Å². The predicted molar refractivity (Wildman–Crippen MR) is 112 cm³/mol. The van der Waals surface area contributed by atoms with E-state index in [0.29, 0.717) is 24.4 Å². The number of nitrogens with zero attached hydrogens (tertiary/aromatic N) is 2. The van der Waals surface area contributed by atoms with Gasteiger partial charge >= 0.3 is 0 Å². The maximum Gasteiger partial charge on any atom is 0.254 e. The molecule has 2 aromatic rings. The number of rotatable bonds is 6. The molecule has 0 unspecified atom stereocenters. The quantitative estimate of drug-likeness (QED) is 0.729. The molecule has 9 heteroatoms. The Kier molecular flexibility index (Phi) is 10.0. The van der Waals surface area contributed by atoms with Gasteiger partial charge in [-0.2, -0.15) is 0 Å². The maximum atomic E-state index is 12.3. The number of carbonyl (C=O) groups excluding carboxylic acids is 2. The van der Waals surface area contributed by atoms with E-state index in [1.165, 1.54) is 11.8 Å². The minimum absolute atomic E-state index is 0. The third-order valence-corrected chi connectivity index (χ3v) is 4.49. The lowest BCUT2D eigenvalue weighted by Crippen LogP contribution is -2.50. The van der Waals surface area contributed by atoms with Crippen LogP contribution in [-0.4, -0.2) is 54.3 Å². The first-order valence-electron chi connectivity index (χ1n) is 8.75. The molecule has 7 nitrogen and oxygen atoms in total. The van der Waals surface area contributed by atoms with Crippen LogP contribution in [0.15, 0.2) is 47.1 Å². The van der Waals surface area contributed by atoms with Crippen LogP contribution in [-0.2, 0) is 17.9 Å². The van der Waals surface area contributed by atoms with Gasteiger partial charge in [-0.15, -0.1) is 24.8 Å². The zero-order valence-corrected chi connectivity index (χ0v) is 17.1. The molecule has 1 saturated heterocycles. The molecular weight excluding hydrogens is 403 g/mol. The number of amides is 2. The van der Waals surface area contributed by atoms with E-state index >= 15 is 0 Å². The lowest BCUT2D eigenvalue weighted by molar-refractivity contribution is -0.131. The fraction of sp³-hybridized carbons (Fsp3) is 0.368. The van der Waals surface area contributed by atoms with Crippen molar-refractivity contribution in [3.63, 3.8) is 0 Å². The smallest absolute Gasteiger partial charge is 0.254 e. The second-order valence-electron chi connectivity index (χ2n) is 6.33. The molecule has 1 aromatic heterocycles. The van der Waals surface area contributed by atoms with Gasteiger partial charge in [-0.25, -0.2) is 0 Å². The van der Waals surface area contributed by atoms with Gasteiger partial charge in [0.15, 0.2) is 0 Å². The summed E-state index contributed by atoms with van der Waals surface area (Å²) < 4.78 is 5.13. The number of hydrogen-bond acceptors (Lipinski definition) is 5. The summed E-state index contributed by atoms with van der Waals surface area (Å²) in [7, 11) is 0. The highest BCUT2D eigenvalue weighted by Gasteiger charge is 2.21. The Morgan fingerprint density at radius 2 is 1.75 bits per heavy atom. The van der Waals surface area contributed by atoms with Crippen LogP contribution >= 0.6 is 24.8 Å². The van der Waals surface area contributed by atoms with Crippen LogP contribution in [0.2, 0.25) is 0 Å². The summed E-state index contributed by atoms with van der Waals surface area (Å²) in [5.74, 6) is 0.140. The normalized spacial score (nSPS) is 14.0. The molecule has 2 heterocycles. The molecule has 1 fully saturated rings. The van der Waals surface area contributed by atoms with Crippen LogP contribution in [0.5, 0.6) is 0 Å². The van der Waals surface area contributed by atoms with Crippen molar-refractivity contribution in [2.24, 2.45) is 5.73 Å². The number of carbonyl (C=O) groups is 2. The van der Waals surface area contributed by atoms with E-state index < -0.39 is 0 Å². The molecule has 0 saturated carbocycles. The third-order valence-electron chi connectivity index (χ3n) is 4.49. The van der Waals surface area contributed by atoms with E-state index in [1.54, 1.807) is 11.0 Å². The fourth-order valence-corrected chi connectivity index (χ4v) is 2.97. The summed E-state index contributed by atoms with van der Waals surface area (Å²) in [5.41, 5.74) is 7.11. The van der Waals surface area contributed by atoms with E-state index in [4.69, 9.17) is 10.2 Å². The fourth-order valence-electron chi connectivity index (χ4n) is 2.97. The lowest BCUT2D eigenvalue weighted by Gasteiger charge is -2.34. The number of piperazine rings is 1. The van der Waals surface area contributed by atoms with E-state index in [1.807, 2.05) is 18.2 Å². The average molecular weight is 429 g/mol. The van der Waals surface area contributed by atoms with Crippen molar-refractivity contribution < 1.29 is 14.0 Å². The van der Waals surface area contributed by atoms with E-state index in [0.717, 1.165) is 19.6 Å². The Hall–Kier alpha value is -2.06. The molecule has 0 aliphatic carbocycles. The Labute approximate surface area is 177 Å². The largest absolute Gasteiger partial charge is 0.467 e. The van der Waals surface area contributed by atoms with Crippen LogP contribution in [0.4, 0.5) is 0 Å². The molecule has 2 amide bonds. The zero-order valence-electron chi connectivity index (χ0n) is 15.5. The van der Waals surface area contributed by atoms with Crippen molar-refractivity contribution >= 4 is 36.6 Å². The number of benzene rings is 1. The molecule has 0 atom stereocenters. The summed E-state index contributed by atoms with van der Waals surface area (Å²) in [4.78, 5) is 28.5. The van der Waals surface area contributed by atoms with E-state index in [2.05, 4.69) is 22.3 Å². The van der Waals surface area contributed by atoms with Crippen LogP contribution in [0, 0.1) is 0 Å². The average Bonchev–Trinajstić information content (AvgIpc) is 3.17. The molecule has 1 aliphatic rings. The molecule has 154 valence electrons. The number of halogens is 2. The first-order valence-corrected chi connectivity index (χ1v) is 8.75. The summed E-state index contributed by atoms with van der Waals surface area (Å²) in [6.45, 7) is 4.12. The standard InChI is InChI=1S/C19H24N4O3.2ClH/c20-11-17-10-16(14-26-17)19(25)21-12-18(24)23-8-6-22(7-9-23)13-15-4-2-1-3-5-15;;/h1-5,10,14H,6-9,11-13,20H2,(H,21,25);2*1H. The minimum Gasteiger partial charge on any atom is -0.467 e. The van der Waals surface area contributed by atoms with Gasteiger partial charge in [0, 0.05) is 32.7 Å². The highest BCUT2D eigenvalue weighted by atomic mass is 35.5. The SMILES string of the molecule is Cl.Cl.NCc1cc(C(=O)NCC(=O)N2CCN(Cc3ccccc3)CC2)co1. The second kappa shape index (κ2) is 11.7. The number of nitrogens with one attached hydrogen (secondary N) is 1. The summed E-state index contributed by atoms with van der Waals surface area (Å²) in [6.07, 6.45) is 1.35. The Balaban J connectivity index is 0.00000196. The van der Waals surface area contributed by atoms with Gasteiger partial charge in [0.05, 0.1) is 18.7 Å². The molecule has 28 heavy (non-hydrogen) atoms. The highest BCUT2D eigenvalue weighted by Crippen LogP contribution is 2.09. The summed E-state index contributed by atoms with van der Waals surface area (Å²) in [5, 5.41) is 2.64. The zero-order chi connectivity index (χ0) is 18.4. The molecule has 0 radical (unpaired) electrons. The minimum atomic E-state index is -0.329. The number of furan rings is 1. The van der Waals surface area contributed by atoms with Crippen molar-refractivity contribution in [2.75, 3.05) is 32.7 Å². The molecule has 3 N–H and O–H groups in total. The van der Waals surface area contributed by atoms with Gasteiger partial charge in [-0.3, -0.25) is 14.5 Å². The molecule has 1 aliphatic heterocycles. The van der Waals surface area contributed by atoms with Crippen molar-refractivity contribution in [3.05, 3.63) is 59.5 Å². The van der Waals surface area contributed by atoms with Gasteiger partial charge in [-0.1, -0.05) is 30.3 Å². The second-order valence-corrected chi connectivity index (χ2v) is 6.33. The maximum absolute atomic E-state index is 12.3. The van der Waals surface area contributed by atoms with Crippen molar-refractivity contribution in [2.45, 2.75) is 13.1 Å². The monoisotopic (exact) mass is 428 g/mol. The Morgan fingerprint density at radius 3 is 2.36 bits per heavy atom. The van der Waals surface area contributed by atoms with Gasteiger partial charge in [-0.05, 0) is 11.6 Å². The summed E-state index contributed by atoms with van der Waals surface area (Å²) >= 11 is 0. The Bertz CT molecular complexity index is 747. The number of hydrogen-bond donors (Lipinski definition) is 2. The van der Waals surface area contributed by atoms with Gasteiger partial charge < -0.3 is 20.4 Å². The highest BCUT2D eigenvalue weighted by molar-refractivity contribution is 5.96. The Morgan fingerprint density at radius 1 is 1.07 bits per heavy atom. The van der Waals surface area contributed by atoms with Crippen LogP contribution in [0.1, 0.15) is 21.7 Å². The van der Waals surface area contributed by atoms with Gasteiger partial charge in [0.25, 0.3) is 5.91 Å². The van der Waals surface area contributed by atoms with E-state index in [9.17, 15) is 9.59 Å². The number of nitrogens with two attached hydrogens (primary N) is 1. The van der Waals surface area contributed by atoms with Gasteiger partial charge in [0.2, 0.25) is 5.91 Å². The van der Waals surface area contributed by atoms with Crippen LogP contribution in [0.25, 0.3) is 0 Å². The predicted octanol–water partition coefficient (Wildman–Crippen LogP) is 1.66.